The Labute approximate surface area is 134 Å². The van der Waals surface area contributed by atoms with Gasteiger partial charge in [0.1, 0.15) is 0 Å². The molecule has 0 aliphatic rings. The number of thioether (sulfide) groups is 1. The third-order valence-corrected chi connectivity index (χ3v) is 4.07. The van der Waals surface area contributed by atoms with Crippen LogP contribution in [0.5, 0.6) is 0 Å². The van der Waals surface area contributed by atoms with Crippen LogP contribution in [0.15, 0.2) is 28.7 Å². The standard InChI is InChI=1S/C13H13N3O4S2/c1-2-20-11(19)7-22-13-14-12(15-16-13)9(18)6-8(17)10-4-3-5-21-10/h3-6,18H,2,7H2,1H3,(H,14,15,16). The summed E-state index contributed by atoms with van der Waals surface area (Å²) in [4.78, 5) is 27.6. The molecule has 2 rings (SSSR count). The molecule has 0 spiro atoms. The first-order chi connectivity index (χ1) is 10.6. The van der Waals surface area contributed by atoms with Crippen molar-refractivity contribution in [3.05, 3.63) is 34.3 Å². The second-order valence-electron chi connectivity index (χ2n) is 3.93. The van der Waals surface area contributed by atoms with E-state index in [1.54, 1.807) is 24.4 Å². The molecule has 0 radical (unpaired) electrons. The van der Waals surface area contributed by atoms with Crippen LogP contribution in [-0.2, 0) is 9.53 Å². The summed E-state index contributed by atoms with van der Waals surface area (Å²) in [5.41, 5.74) is 0. The van der Waals surface area contributed by atoms with Crippen LogP contribution in [0.3, 0.4) is 0 Å². The molecule has 0 bridgehead atoms. The second-order valence-corrected chi connectivity index (χ2v) is 5.82. The number of aromatic amines is 1. The number of carbonyl (C=O) groups is 2. The van der Waals surface area contributed by atoms with E-state index >= 15 is 0 Å². The highest BCUT2D eigenvalue weighted by atomic mass is 32.2. The largest absolute Gasteiger partial charge is 0.504 e. The smallest absolute Gasteiger partial charge is 0.316 e. The molecule has 9 heteroatoms. The van der Waals surface area contributed by atoms with Gasteiger partial charge in [-0.1, -0.05) is 17.8 Å². The molecular formula is C13H13N3O4S2. The molecule has 0 saturated carbocycles. The lowest BCUT2D eigenvalue weighted by Crippen LogP contribution is -2.06. The fraction of sp³-hybridized carbons (Fsp3) is 0.231. The van der Waals surface area contributed by atoms with Gasteiger partial charge in [0.15, 0.2) is 17.4 Å². The van der Waals surface area contributed by atoms with Crippen molar-refractivity contribution in [3.63, 3.8) is 0 Å². The third-order valence-electron chi connectivity index (χ3n) is 2.36. The number of nitrogens with zero attached hydrogens (tertiary/aromatic N) is 2. The number of hydrogen-bond donors (Lipinski definition) is 2. The van der Waals surface area contributed by atoms with E-state index in [9.17, 15) is 14.7 Å². The summed E-state index contributed by atoms with van der Waals surface area (Å²) < 4.78 is 4.78. The first-order valence-electron chi connectivity index (χ1n) is 6.30. The number of esters is 1. The van der Waals surface area contributed by atoms with E-state index in [1.807, 2.05) is 0 Å². The van der Waals surface area contributed by atoms with Crippen LogP contribution in [0.2, 0.25) is 0 Å². The number of hydrogen-bond acceptors (Lipinski definition) is 8. The van der Waals surface area contributed by atoms with E-state index in [0.717, 1.165) is 17.8 Å². The molecule has 0 fully saturated rings. The Hall–Kier alpha value is -2.13. The van der Waals surface area contributed by atoms with Gasteiger partial charge in [0.25, 0.3) is 0 Å². The van der Waals surface area contributed by atoms with Gasteiger partial charge < -0.3 is 9.84 Å². The predicted molar refractivity (Wildman–Crippen MR) is 83.0 cm³/mol. The van der Waals surface area contributed by atoms with Crippen molar-refractivity contribution in [3.8, 4) is 0 Å². The maximum atomic E-state index is 11.8. The number of allylic oxidation sites excluding steroid dienone is 1. The van der Waals surface area contributed by atoms with Gasteiger partial charge in [-0.25, -0.2) is 0 Å². The van der Waals surface area contributed by atoms with Crippen molar-refractivity contribution < 1.29 is 19.4 Å². The normalized spacial score (nSPS) is 11.4. The number of carbonyl (C=O) groups excluding carboxylic acids is 2. The Morgan fingerprint density at radius 1 is 1.55 bits per heavy atom. The summed E-state index contributed by atoms with van der Waals surface area (Å²) in [5.74, 6) is -0.856. The number of thiophene rings is 1. The lowest BCUT2D eigenvalue weighted by Gasteiger charge is -1.98. The Bertz CT molecular complexity index is 679. The minimum atomic E-state index is -0.369. The molecule has 0 amide bonds. The van der Waals surface area contributed by atoms with Gasteiger partial charge >= 0.3 is 5.97 Å². The zero-order valence-corrected chi connectivity index (χ0v) is 13.2. The Morgan fingerprint density at radius 2 is 2.36 bits per heavy atom. The lowest BCUT2D eigenvalue weighted by atomic mass is 10.3. The number of aliphatic hydroxyl groups is 1. The third kappa shape index (κ3) is 4.43. The Kier molecular flexibility index (Phi) is 5.73. The van der Waals surface area contributed by atoms with Gasteiger partial charge in [-0.3, -0.25) is 14.7 Å². The molecule has 2 N–H and O–H groups in total. The zero-order chi connectivity index (χ0) is 15.9. The fourth-order valence-corrected chi connectivity index (χ4v) is 2.67. The Morgan fingerprint density at radius 3 is 3.05 bits per heavy atom. The number of ether oxygens (including phenoxy) is 1. The molecule has 0 aliphatic carbocycles. The van der Waals surface area contributed by atoms with E-state index < -0.39 is 0 Å². The summed E-state index contributed by atoms with van der Waals surface area (Å²) >= 11 is 2.36. The molecule has 2 aromatic heterocycles. The van der Waals surface area contributed by atoms with Crippen LogP contribution < -0.4 is 0 Å². The maximum Gasteiger partial charge on any atom is 0.316 e. The van der Waals surface area contributed by atoms with E-state index in [2.05, 4.69) is 15.2 Å². The highest BCUT2D eigenvalue weighted by molar-refractivity contribution is 7.99. The molecular weight excluding hydrogens is 326 g/mol. The molecule has 7 nitrogen and oxygen atoms in total. The van der Waals surface area contributed by atoms with Gasteiger partial charge in [0.2, 0.25) is 5.16 Å². The van der Waals surface area contributed by atoms with Gasteiger partial charge in [0, 0.05) is 6.08 Å². The van der Waals surface area contributed by atoms with Crippen molar-refractivity contribution in [1.29, 1.82) is 0 Å². The van der Waals surface area contributed by atoms with Gasteiger partial charge in [-0.15, -0.1) is 16.4 Å². The van der Waals surface area contributed by atoms with E-state index in [0.29, 0.717) is 11.5 Å². The average molecular weight is 339 g/mol. The lowest BCUT2D eigenvalue weighted by molar-refractivity contribution is -0.139. The number of rotatable bonds is 7. The molecule has 0 saturated heterocycles. The van der Waals surface area contributed by atoms with Crippen LogP contribution in [-0.4, -0.2) is 44.4 Å². The summed E-state index contributed by atoms with van der Waals surface area (Å²) in [6.45, 7) is 2.04. The summed E-state index contributed by atoms with van der Waals surface area (Å²) in [6, 6.07) is 3.42. The number of aliphatic hydroxyl groups excluding tert-OH is 1. The molecule has 0 aliphatic heterocycles. The monoisotopic (exact) mass is 339 g/mol. The molecule has 0 unspecified atom stereocenters. The van der Waals surface area contributed by atoms with Crippen LogP contribution in [0, 0.1) is 0 Å². The highest BCUT2D eigenvalue weighted by Crippen LogP contribution is 2.17. The maximum absolute atomic E-state index is 11.8. The van der Waals surface area contributed by atoms with Gasteiger partial charge in [0.05, 0.1) is 17.2 Å². The topological polar surface area (TPSA) is 105 Å². The van der Waals surface area contributed by atoms with E-state index in [1.165, 1.54) is 11.3 Å². The second kappa shape index (κ2) is 7.76. The number of aromatic nitrogens is 3. The summed E-state index contributed by atoms with van der Waals surface area (Å²) in [6.07, 6.45) is 1.08. The Balaban J connectivity index is 1.98. The van der Waals surface area contributed by atoms with Crippen LogP contribution >= 0.6 is 23.1 Å². The number of nitrogens with one attached hydrogen (secondary N) is 1. The zero-order valence-electron chi connectivity index (χ0n) is 11.6. The molecule has 2 heterocycles. The average Bonchev–Trinajstić information content (AvgIpc) is 3.17. The minimum absolute atomic E-state index is 0.0660. The highest BCUT2D eigenvalue weighted by Gasteiger charge is 2.12. The number of H-pyrrole nitrogens is 1. The van der Waals surface area contributed by atoms with Gasteiger partial charge in [-0.05, 0) is 18.4 Å². The van der Waals surface area contributed by atoms with E-state index in [-0.39, 0.29) is 34.2 Å². The molecule has 2 aromatic rings. The molecule has 0 aromatic carbocycles. The van der Waals surface area contributed by atoms with Crippen molar-refractivity contribution in [1.82, 2.24) is 15.2 Å². The first kappa shape index (κ1) is 16.2. The van der Waals surface area contributed by atoms with Crippen LogP contribution in [0.4, 0.5) is 0 Å². The minimum Gasteiger partial charge on any atom is -0.504 e. The predicted octanol–water partition coefficient (Wildman–Crippen LogP) is 2.30. The summed E-state index contributed by atoms with van der Waals surface area (Å²) in [7, 11) is 0. The molecule has 116 valence electrons. The van der Waals surface area contributed by atoms with Crippen LogP contribution in [0.25, 0.3) is 5.76 Å². The van der Waals surface area contributed by atoms with E-state index in [4.69, 9.17) is 4.74 Å². The SMILES string of the molecule is CCOC(=O)CSc1n[nH]c(C(O)=CC(=O)c2cccs2)n1. The van der Waals surface area contributed by atoms with Crippen molar-refractivity contribution in [2.75, 3.05) is 12.4 Å². The van der Waals surface area contributed by atoms with Crippen molar-refractivity contribution >= 4 is 40.6 Å². The summed E-state index contributed by atoms with van der Waals surface area (Å²) in [5, 5.41) is 18.3. The van der Waals surface area contributed by atoms with Crippen molar-refractivity contribution in [2.45, 2.75) is 12.1 Å². The quantitative estimate of drug-likeness (QED) is 0.262. The van der Waals surface area contributed by atoms with Crippen LogP contribution in [0.1, 0.15) is 22.4 Å². The number of ketones is 1. The van der Waals surface area contributed by atoms with Crippen molar-refractivity contribution in [2.24, 2.45) is 0 Å². The first-order valence-corrected chi connectivity index (χ1v) is 8.16. The molecule has 22 heavy (non-hydrogen) atoms. The van der Waals surface area contributed by atoms with Gasteiger partial charge in [-0.2, -0.15) is 4.98 Å². The fourth-order valence-electron chi connectivity index (χ4n) is 1.43. The molecule has 0 atom stereocenters.